The minimum atomic E-state index is -0.124. The highest BCUT2D eigenvalue weighted by Gasteiger charge is 2.16. The number of hydrogen-bond acceptors (Lipinski definition) is 4. The molecule has 0 saturated heterocycles. The van der Waals surface area contributed by atoms with Gasteiger partial charge in [0.1, 0.15) is 5.82 Å². The molecule has 0 spiro atoms. The molecule has 1 amide bonds. The number of aryl methyl sites for hydroxylation is 2. The van der Waals surface area contributed by atoms with Crippen LogP contribution in [0.1, 0.15) is 32.7 Å². The third-order valence-electron chi connectivity index (χ3n) is 5.43. The molecule has 0 aliphatic rings. The Balaban J connectivity index is 1.63. The van der Waals surface area contributed by atoms with E-state index in [-0.39, 0.29) is 5.91 Å². The summed E-state index contributed by atoms with van der Waals surface area (Å²) in [5.41, 5.74) is 18.1. The van der Waals surface area contributed by atoms with Gasteiger partial charge in [0.25, 0.3) is 5.91 Å². The first-order chi connectivity index (χ1) is 14.4. The Kier molecular flexibility index (Phi) is 5.14. The molecular formula is C24H25N5O. The number of hydrogen-bond donors (Lipinski definition) is 3. The van der Waals surface area contributed by atoms with Gasteiger partial charge >= 0.3 is 0 Å². The van der Waals surface area contributed by atoms with Crippen molar-refractivity contribution in [3.05, 3.63) is 88.7 Å². The molecule has 152 valence electrons. The predicted molar refractivity (Wildman–Crippen MR) is 121 cm³/mol. The van der Waals surface area contributed by atoms with Crippen LogP contribution in [-0.2, 0) is 13.1 Å². The van der Waals surface area contributed by atoms with Crippen molar-refractivity contribution in [3.63, 3.8) is 0 Å². The number of rotatable bonds is 5. The second kappa shape index (κ2) is 7.91. The summed E-state index contributed by atoms with van der Waals surface area (Å²) in [7, 11) is 0. The van der Waals surface area contributed by atoms with Gasteiger partial charge in [-0.15, -0.1) is 0 Å². The molecular weight excluding hydrogens is 374 g/mol. The maximum Gasteiger partial charge on any atom is 0.253 e. The van der Waals surface area contributed by atoms with Crippen molar-refractivity contribution < 1.29 is 4.79 Å². The van der Waals surface area contributed by atoms with Gasteiger partial charge in [0.15, 0.2) is 0 Å². The van der Waals surface area contributed by atoms with E-state index in [1.807, 2.05) is 74.6 Å². The average molecular weight is 399 g/mol. The second-order valence-electron chi connectivity index (χ2n) is 7.50. The summed E-state index contributed by atoms with van der Waals surface area (Å²) in [6.45, 7) is 4.87. The van der Waals surface area contributed by atoms with Crippen molar-refractivity contribution >= 4 is 28.3 Å². The molecule has 0 atom stereocenters. The van der Waals surface area contributed by atoms with Crippen molar-refractivity contribution in [2.75, 3.05) is 11.5 Å². The van der Waals surface area contributed by atoms with Crippen LogP contribution in [0.15, 0.2) is 60.8 Å². The number of nitrogens with one attached hydrogen (secondary N) is 1. The molecule has 5 N–H and O–H groups in total. The number of carbonyl (C=O) groups is 1. The van der Waals surface area contributed by atoms with Gasteiger partial charge in [-0.05, 0) is 48.7 Å². The van der Waals surface area contributed by atoms with Gasteiger partial charge in [-0.25, -0.2) is 4.98 Å². The Hall–Kier alpha value is -3.80. The first-order valence-corrected chi connectivity index (χ1v) is 9.86. The molecule has 30 heavy (non-hydrogen) atoms. The fourth-order valence-electron chi connectivity index (χ4n) is 3.84. The highest BCUT2D eigenvalue weighted by molar-refractivity contribution is 6.07. The van der Waals surface area contributed by atoms with Crippen molar-refractivity contribution in [1.82, 2.24) is 14.9 Å². The average Bonchev–Trinajstić information content (AvgIpc) is 3.07. The monoisotopic (exact) mass is 399 g/mol. The minimum Gasteiger partial charge on any atom is -0.398 e. The molecule has 4 rings (SSSR count). The van der Waals surface area contributed by atoms with Gasteiger partial charge < -0.3 is 21.4 Å². The van der Waals surface area contributed by atoms with Crippen molar-refractivity contribution in [2.24, 2.45) is 0 Å². The smallest absolute Gasteiger partial charge is 0.253 e. The van der Waals surface area contributed by atoms with E-state index in [9.17, 15) is 4.79 Å². The van der Waals surface area contributed by atoms with E-state index >= 15 is 0 Å². The number of anilines is 2. The molecule has 0 saturated carbocycles. The molecule has 0 unspecified atom stereocenters. The number of nitrogen functional groups attached to an aromatic ring is 2. The molecule has 2 aromatic heterocycles. The highest BCUT2D eigenvalue weighted by Crippen LogP contribution is 2.24. The lowest BCUT2D eigenvalue weighted by atomic mass is 10.1. The lowest BCUT2D eigenvalue weighted by Gasteiger charge is -2.11. The number of pyridine rings is 1. The Morgan fingerprint density at radius 2 is 1.80 bits per heavy atom. The molecule has 0 bridgehead atoms. The first kappa shape index (κ1) is 19.5. The van der Waals surface area contributed by atoms with Crippen LogP contribution in [0.4, 0.5) is 11.5 Å². The van der Waals surface area contributed by atoms with Gasteiger partial charge in [-0.1, -0.05) is 36.4 Å². The SMILES string of the molecule is Cc1cc(N)nc(C)c1CNC(=O)c1cn(Cc2ccccc2N)c2ccccc12. The van der Waals surface area contributed by atoms with Gasteiger partial charge in [0.2, 0.25) is 0 Å². The molecule has 2 aromatic carbocycles. The summed E-state index contributed by atoms with van der Waals surface area (Å²) < 4.78 is 2.07. The summed E-state index contributed by atoms with van der Waals surface area (Å²) in [5, 5.41) is 3.95. The number of amides is 1. The lowest BCUT2D eigenvalue weighted by Crippen LogP contribution is -2.24. The van der Waals surface area contributed by atoms with Crippen LogP contribution in [0.2, 0.25) is 0 Å². The minimum absolute atomic E-state index is 0.124. The number of benzene rings is 2. The van der Waals surface area contributed by atoms with Crippen LogP contribution in [0.3, 0.4) is 0 Å². The van der Waals surface area contributed by atoms with Crippen molar-refractivity contribution in [2.45, 2.75) is 26.9 Å². The lowest BCUT2D eigenvalue weighted by molar-refractivity contribution is 0.0952. The Morgan fingerprint density at radius 1 is 1.07 bits per heavy atom. The largest absolute Gasteiger partial charge is 0.398 e. The van der Waals surface area contributed by atoms with E-state index in [1.54, 1.807) is 0 Å². The van der Waals surface area contributed by atoms with Crippen LogP contribution in [0.5, 0.6) is 0 Å². The van der Waals surface area contributed by atoms with E-state index in [0.29, 0.717) is 24.5 Å². The van der Waals surface area contributed by atoms with E-state index in [2.05, 4.69) is 14.9 Å². The summed E-state index contributed by atoms with van der Waals surface area (Å²) in [6.07, 6.45) is 1.90. The summed E-state index contributed by atoms with van der Waals surface area (Å²) in [5.74, 6) is 0.366. The molecule has 6 nitrogen and oxygen atoms in total. The standard InChI is InChI=1S/C24H25N5O/c1-15-11-23(26)28-16(2)19(15)12-27-24(30)20-14-29(22-10-6-4-8-18(20)22)13-17-7-3-5-9-21(17)25/h3-11,14H,12-13,25H2,1-2H3,(H2,26,28)(H,27,30). The molecule has 0 aliphatic heterocycles. The number of aromatic nitrogens is 2. The Bertz CT molecular complexity index is 1220. The van der Waals surface area contributed by atoms with Crippen LogP contribution in [0.25, 0.3) is 10.9 Å². The molecule has 2 heterocycles. The predicted octanol–water partition coefficient (Wildman–Crippen LogP) is 3.80. The Morgan fingerprint density at radius 3 is 2.57 bits per heavy atom. The van der Waals surface area contributed by atoms with Gasteiger partial charge in [0.05, 0.1) is 5.56 Å². The third-order valence-corrected chi connectivity index (χ3v) is 5.43. The number of nitrogens with zero attached hydrogens (tertiary/aromatic N) is 2. The number of fused-ring (bicyclic) bond motifs is 1. The normalized spacial score (nSPS) is 11.0. The summed E-state index contributed by atoms with van der Waals surface area (Å²) >= 11 is 0. The van der Waals surface area contributed by atoms with E-state index in [4.69, 9.17) is 11.5 Å². The zero-order valence-electron chi connectivity index (χ0n) is 17.1. The van der Waals surface area contributed by atoms with Crippen LogP contribution in [-0.4, -0.2) is 15.5 Å². The van der Waals surface area contributed by atoms with E-state index in [1.165, 1.54) is 0 Å². The van der Waals surface area contributed by atoms with Gasteiger partial charge in [-0.2, -0.15) is 0 Å². The van der Waals surface area contributed by atoms with Gasteiger partial charge in [-0.3, -0.25) is 4.79 Å². The zero-order valence-corrected chi connectivity index (χ0v) is 17.1. The second-order valence-corrected chi connectivity index (χ2v) is 7.50. The number of nitrogens with two attached hydrogens (primary N) is 2. The quantitative estimate of drug-likeness (QED) is 0.445. The molecule has 0 aliphatic carbocycles. The van der Waals surface area contributed by atoms with Gasteiger partial charge in [0, 0.05) is 41.6 Å². The first-order valence-electron chi connectivity index (χ1n) is 9.86. The van der Waals surface area contributed by atoms with Crippen LogP contribution >= 0.6 is 0 Å². The molecule has 0 fully saturated rings. The van der Waals surface area contributed by atoms with E-state index in [0.717, 1.165) is 39.0 Å². The molecule has 6 heteroatoms. The summed E-state index contributed by atoms with van der Waals surface area (Å²) in [4.78, 5) is 17.4. The third kappa shape index (κ3) is 3.72. The van der Waals surface area contributed by atoms with E-state index < -0.39 is 0 Å². The maximum absolute atomic E-state index is 13.1. The fraction of sp³-hybridized carbons (Fsp3) is 0.167. The highest BCUT2D eigenvalue weighted by atomic mass is 16.1. The van der Waals surface area contributed by atoms with Crippen LogP contribution in [0, 0.1) is 13.8 Å². The van der Waals surface area contributed by atoms with Crippen molar-refractivity contribution in [3.8, 4) is 0 Å². The van der Waals surface area contributed by atoms with Crippen molar-refractivity contribution in [1.29, 1.82) is 0 Å². The molecule has 4 aromatic rings. The number of para-hydroxylation sites is 2. The number of carbonyl (C=O) groups excluding carboxylic acids is 1. The fourth-order valence-corrected chi connectivity index (χ4v) is 3.84. The molecule has 0 radical (unpaired) electrons. The topological polar surface area (TPSA) is 99.0 Å². The van der Waals surface area contributed by atoms with Crippen LogP contribution < -0.4 is 16.8 Å². The Labute approximate surface area is 175 Å². The summed E-state index contributed by atoms with van der Waals surface area (Å²) in [6, 6.07) is 17.5. The maximum atomic E-state index is 13.1. The zero-order chi connectivity index (χ0) is 21.3.